The van der Waals surface area contributed by atoms with Gasteiger partial charge in [-0.05, 0) is 61.9 Å². The largest absolute Gasteiger partial charge is 0.535 e. The first-order valence-corrected chi connectivity index (χ1v) is 18.0. The molecule has 184 valence electrons. The lowest BCUT2D eigenvalue weighted by atomic mass is 10.3. The zero-order valence-electron chi connectivity index (χ0n) is 21.0. The highest BCUT2D eigenvalue weighted by atomic mass is 79.9. The Morgan fingerprint density at radius 1 is 0.459 bits per heavy atom. The van der Waals surface area contributed by atoms with Crippen LogP contribution >= 0.6 is 15.9 Å². The summed E-state index contributed by atoms with van der Waals surface area (Å²) in [5.74, 6) is 1.59. The van der Waals surface area contributed by atoms with Crippen molar-refractivity contribution in [1.29, 1.82) is 0 Å². The van der Waals surface area contributed by atoms with Crippen molar-refractivity contribution >= 4 is 53.3 Å². The lowest BCUT2D eigenvalue weighted by Crippen LogP contribution is -2.61. The van der Waals surface area contributed by atoms with Crippen molar-refractivity contribution in [3.63, 3.8) is 0 Å². The van der Waals surface area contributed by atoms with E-state index in [1.165, 1.54) is 20.7 Å². The first-order chi connectivity index (χ1) is 18.0. The van der Waals surface area contributed by atoms with E-state index in [-0.39, 0.29) is 0 Å². The first kappa shape index (κ1) is 25.3. The van der Waals surface area contributed by atoms with Crippen LogP contribution in [0.15, 0.2) is 144 Å². The van der Waals surface area contributed by atoms with Gasteiger partial charge in [-0.15, -0.1) is 0 Å². The predicted molar refractivity (Wildman–Crippen MR) is 163 cm³/mol. The van der Waals surface area contributed by atoms with E-state index in [1.54, 1.807) is 0 Å². The molecule has 0 aromatic heterocycles. The van der Waals surface area contributed by atoms with Crippen molar-refractivity contribution in [2.45, 2.75) is 13.1 Å². The van der Waals surface area contributed by atoms with E-state index in [9.17, 15) is 0 Å². The summed E-state index contributed by atoms with van der Waals surface area (Å²) in [6, 6.07) is 48.3. The summed E-state index contributed by atoms with van der Waals surface area (Å²) >= 11 is 3.75. The van der Waals surface area contributed by atoms with Crippen LogP contribution in [0.1, 0.15) is 0 Å². The molecule has 0 aliphatic heterocycles. The van der Waals surface area contributed by atoms with Gasteiger partial charge in [-0.25, -0.2) is 0 Å². The Morgan fingerprint density at radius 3 is 1.19 bits per heavy atom. The molecule has 5 heteroatoms. The van der Waals surface area contributed by atoms with Crippen LogP contribution in [-0.2, 0) is 0 Å². The van der Waals surface area contributed by atoms with Gasteiger partial charge in [-0.3, -0.25) is 0 Å². The van der Waals surface area contributed by atoms with Crippen molar-refractivity contribution in [2.75, 3.05) is 0 Å². The molecule has 0 saturated carbocycles. The Balaban J connectivity index is 1.55. The van der Waals surface area contributed by atoms with Crippen LogP contribution in [0.2, 0.25) is 13.1 Å². The lowest BCUT2D eigenvalue weighted by Gasteiger charge is -2.32. The summed E-state index contributed by atoms with van der Waals surface area (Å²) in [5.41, 5.74) is 0. The van der Waals surface area contributed by atoms with Crippen molar-refractivity contribution in [1.82, 2.24) is 0 Å². The molecule has 0 aliphatic rings. The minimum absolute atomic E-state index is 0.789. The van der Waals surface area contributed by atoms with Crippen molar-refractivity contribution in [3.8, 4) is 11.5 Å². The van der Waals surface area contributed by atoms with Crippen molar-refractivity contribution in [3.05, 3.63) is 144 Å². The average molecular weight is 582 g/mol. The monoisotopic (exact) mass is 580 g/mol. The molecule has 0 unspecified atom stereocenters. The smallest absolute Gasteiger partial charge is 0.311 e. The summed E-state index contributed by atoms with van der Waals surface area (Å²) in [6.07, 6.45) is 0. The van der Waals surface area contributed by atoms with Gasteiger partial charge in [0.25, 0.3) is 0 Å². The van der Waals surface area contributed by atoms with Crippen molar-refractivity contribution in [2.24, 2.45) is 0 Å². The quantitative estimate of drug-likeness (QED) is 0.210. The minimum atomic E-state index is -2.56. The average Bonchev–Trinajstić information content (AvgIpc) is 2.96. The van der Waals surface area contributed by atoms with Crippen molar-refractivity contribution < 1.29 is 8.85 Å². The second-order valence-corrected chi connectivity index (χ2v) is 17.0. The van der Waals surface area contributed by atoms with E-state index < -0.39 is 16.6 Å². The maximum absolute atomic E-state index is 7.00. The molecular formula is C32H29BrO2Si2. The molecule has 0 N–H and O–H groups in total. The van der Waals surface area contributed by atoms with E-state index in [0.717, 1.165) is 16.0 Å². The van der Waals surface area contributed by atoms with Gasteiger partial charge >= 0.3 is 16.6 Å². The van der Waals surface area contributed by atoms with Crippen LogP contribution in [0.25, 0.3) is 0 Å². The number of halogens is 1. The molecule has 0 bridgehead atoms. The number of hydrogen-bond donors (Lipinski definition) is 0. The Kier molecular flexibility index (Phi) is 7.46. The fourth-order valence-corrected chi connectivity index (χ4v) is 10.8. The molecule has 0 fully saturated rings. The van der Waals surface area contributed by atoms with E-state index in [4.69, 9.17) is 8.85 Å². The molecule has 0 saturated heterocycles. The summed E-state index contributed by atoms with van der Waals surface area (Å²) in [6.45, 7) is 4.51. The summed E-state index contributed by atoms with van der Waals surface area (Å²) in [7, 11) is -5.09. The highest BCUT2D eigenvalue weighted by Gasteiger charge is 2.38. The molecule has 0 heterocycles. The van der Waals surface area contributed by atoms with Gasteiger partial charge in [-0.2, -0.15) is 0 Å². The second kappa shape index (κ2) is 10.9. The minimum Gasteiger partial charge on any atom is -0.535 e. The van der Waals surface area contributed by atoms with Gasteiger partial charge < -0.3 is 8.85 Å². The number of rotatable bonds is 8. The predicted octanol–water partition coefficient (Wildman–Crippen LogP) is 5.99. The van der Waals surface area contributed by atoms with Crippen LogP contribution < -0.4 is 29.6 Å². The molecule has 0 radical (unpaired) electrons. The number of benzene rings is 5. The van der Waals surface area contributed by atoms with Gasteiger partial charge in [0, 0.05) is 6.07 Å². The maximum atomic E-state index is 7.00. The Labute approximate surface area is 229 Å². The molecule has 0 amide bonds. The van der Waals surface area contributed by atoms with Gasteiger partial charge in [0.1, 0.15) is 11.5 Å². The molecule has 37 heavy (non-hydrogen) atoms. The van der Waals surface area contributed by atoms with Crippen LogP contribution in [-0.4, -0.2) is 16.6 Å². The second-order valence-electron chi connectivity index (χ2n) is 9.33. The van der Waals surface area contributed by atoms with Crippen LogP contribution in [0.4, 0.5) is 0 Å². The van der Waals surface area contributed by atoms with E-state index >= 15 is 0 Å². The lowest BCUT2D eigenvalue weighted by molar-refractivity contribution is 0.543. The third kappa shape index (κ3) is 5.35. The third-order valence-corrected chi connectivity index (χ3v) is 14.5. The summed E-state index contributed by atoms with van der Waals surface area (Å²) in [4.78, 5) is 0. The van der Waals surface area contributed by atoms with Gasteiger partial charge in [0.05, 0.1) is 4.47 Å². The molecule has 5 aromatic carbocycles. The van der Waals surface area contributed by atoms with Crippen LogP contribution in [0.3, 0.4) is 0 Å². The molecule has 0 spiro atoms. The van der Waals surface area contributed by atoms with E-state index in [0.29, 0.717) is 0 Å². The summed E-state index contributed by atoms with van der Waals surface area (Å²) < 4.78 is 14.9. The standard InChI is InChI=1S/C32H29BrO2Si2/c1-36(27-15-7-3-8-16-27,28-17-9-4-10-18-28)34-26-23-24-31(33)32(25-26)35-37(2,29-19-11-5-12-20-29)30-21-13-6-14-22-30/h3-25H,1-2H3. The Morgan fingerprint density at radius 2 is 0.811 bits per heavy atom. The number of hydrogen-bond acceptors (Lipinski definition) is 2. The van der Waals surface area contributed by atoms with E-state index in [2.05, 4.69) is 126 Å². The zero-order chi connectivity index (χ0) is 25.7. The molecular weight excluding hydrogens is 552 g/mol. The van der Waals surface area contributed by atoms with Gasteiger partial charge in [0.15, 0.2) is 0 Å². The van der Waals surface area contributed by atoms with E-state index in [1.807, 2.05) is 42.5 Å². The third-order valence-electron chi connectivity index (χ3n) is 6.84. The van der Waals surface area contributed by atoms with Crippen LogP contribution in [0.5, 0.6) is 11.5 Å². The fourth-order valence-electron chi connectivity index (χ4n) is 4.67. The highest BCUT2D eigenvalue weighted by Crippen LogP contribution is 2.32. The maximum Gasteiger partial charge on any atom is 0.311 e. The molecule has 0 aliphatic carbocycles. The fraction of sp³-hybridized carbons (Fsp3) is 0.0625. The van der Waals surface area contributed by atoms with Gasteiger partial charge in [0.2, 0.25) is 0 Å². The summed E-state index contributed by atoms with van der Waals surface area (Å²) in [5, 5.41) is 4.87. The Hall–Kier alpha value is -3.39. The molecule has 5 aromatic rings. The van der Waals surface area contributed by atoms with Crippen LogP contribution in [0, 0.1) is 0 Å². The molecule has 5 rings (SSSR count). The topological polar surface area (TPSA) is 18.5 Å². The molecule has 2 nitrogen and oxygen atoms in total. The molecule has 0 atom stereocenters. The SMILES string of the molecule is C[Si](Oc1ccc(Br)c(O[Si](C)(c2ccccc2)c2ccccc2)c1)(c1ccccc1)c1ccccc1. The highest BCUT2D eigenvalue weighted by molar-refractivity contribution is 9.10. The zero-order valence-corrected chi connectivity index (χ0v) is 24.6. The van der Waals surface area contributed by atoms with Gasteiger partial charge in [-0.1, -0.05) is 121 Å². The Bertz CT molecular complexity index is 1370. The normalized spacial score (nSPS) is 11.6. The first-order valence-electron chi connectivity index (χ1n) is 12.4.